The Morgan fingerprint density at radius 3 is 2.76 bits per heavy atom. The van der Waals surface area contributed by atoms with Crippen LogP contribution in [0.25, 0.3) is 0 Å². The molecule has 122 valence electrons. The van der Waals surface area contributed by atoms with Gasteiger partial charge in [-0.15, -0.1) is 0 Å². The first-order valence-corrected chi connectivity index (χ1v) is 8.19. The molecular weight excluding hydrogens is 270 g/mol. The van der Waals surface area contributed by atoms with Crippen LogP contribution < -0.4 is 5.32 Å². The van der Waals surface area contributed by atoms with E-state index >= 15 is 0 Å². The van der Waals surface area contributed by atoms with Gasteiger partial charge in [-0.1, -0.05) is 0 Å². The van der Waals surface area contributed by atoms with Crippen LogP contribution in [-0.4, -0.2) is 50.1 Å². The van der Waals surface area contributed by atoms with Crippen molar-refractivity contribution in [1.82, 2.24) is 5.32 Å². The Morgan fingerprint density at radius 1 is 1.38 bits per heavy atom. The van der Waals surface area contributed by atoms with E-state index in [1.54, 1.807) is 0 Å². The molecule has 5 heteroatoms. The molecule has 3 atom stereocenters. The van der Waals surface area contributed by atoms with Crippen molar-refractivity contribution in [2.75, 3.05) is 20.3 Å². The molecule has 0 saturated heterocycles. The molecule has 1 N–H and O–H groups in total. The SMILES string of the molecule is CCOCC(C)OC1CCCC(NC2CC2)(C(=O)OC)C1. The van der Waals surface area contributed by atoms with E-state index in [2.05, 4.69) is 5.32 Å². The predicted octanol–water partition coefficient (Wildman–Crippen LogP) is 2.03. The number of ether oxygens (including phenoxy) is 3. The summed E-state index contributed by atoms with van der Waals surface area (Å²) in [6.07, 6.45) is 6.00. The normalized spacial score (nSPS) is 30.9. The summed E-state index contributed by atoms with van der Waals surface area (Å²) in [5, 5.41) is 3.52. The lowest BCUT2D eigenvalue weighted by Gasteiger charge is -2.40. The minimum absolute atomic E-state index is 0.0596. The van der Waals surface area contributed by atoms with Crippen molar-refractivity contribution in [1.29, 1.82) is 0 Å². The molecule has 2 aliphatic rings. The number of methoxy groups -OCH3 is 1. The van der Waals surface area contributed by atoms with Gasteiger partial charge < -0.3 is 14.2 Å². The molecule has 0 aromatic carbocycles. The van der Waals surface area contributed by atoms with E-state index in [0.717, 1.165) is 32.1 Å². The van der Waals surface area contributed by atoms with Gasteiger partial charge in [0.1, 0.15) is 5.54 Å². The summed E-state index contributed by atoms with van der Waals surface area (Å²) < 4.78 is 16.5. The Balaban J connectivity index is 1.93. The molecule has 0 bridgehead atoms. The van der Waals surface area contributed by atoms with Gasteiger partial charge >= 0.3 is 5.97 Å². The fourth-order valence-corrected chi connectivity index (χ4v) is 3.18. The summed E-state index contributed by atoms with van der Waals surface area (Å²) in [7, 11) is 1.47. The van der Waals surface area contributed by atoms with E-state index in [-0.39, 0.29) is 18.2 Å². The number of nitrogens with one attached hydrogen (secondary N) is 1. The third-order valence-corrected chi connectivity index (χ3v) is 4.32. The average molecular weight is 299 g/mol. The van der Waals surface area contributed by atoms with Crippen LogP contribution in [0.5, 0.6) is 0 Å². The lowest BCUT2D eigenvalue weighted by molar-refractivity contribution is -0.154. The molecule has 21 heavy (non-hydrogen) atoms. The summed E-state index contributed by atoms with van der Waals surface area (Å²) in [5.41, 5.74) is -0.551. The average Bonchev–Trinajstić information content (AvgIpc) is 3.28. The molecule has 2 rings (SSSR count). The van der Waals surface area contributed by atoms with Gasteiger partial charge in [0.2, 0.25) is 0 Å². The third kappa shape index (κ3) is 4.66. The molecule has 2 aliphatic carbocycles. The molecule has 0 aliphatic heterocycles. The lowest BCUT2D eigenvalue weighted by atomic mass is 9.79. The van der Waals surface area contributed by atoms with Gasteiger partial charge in [-0.05, 0) is 46.0 Å². The first kappa shape index (κ1) is 16.7. The van der Waals surface area contributed by atoms with Crippen molar-refractivity contribution in [3.63, 3.8) is 0 Å². The predicted molar refractivity (Wildman–Crippen MR) is 80.2 cm³/mol. The van der Waals surface area contributed by atoms with Gasteiger partial charge in [-0.3, -0.25) is 10.1 Å². The Hall–Kier alpha value is -0.650. The van der Waals surface area contributed by atoms with Gasteiger partial charge in [-0.25, -0.2) is 0 Å². The summed E-state index contributed by atoms with van der Waals surface area (Å²) in [6, 6.07) is 0.476. The Bertz CT molecular complexity index is 345. The van der Waals surface area contributed by atoms with Crippen LogP contribution in [0.3, 0.4) is 0 Å². The van der Waals surface area contributed by atoms with Crippen molar-refractivity contribution < 1.29 is 19.0 Å². The van der Waals surface area contributed by atoms with E-state index in [9.17, 15) is 4.79 Å². The first-order valence-electron chi connectivity index (χ1n) is 8.19. The van der Waals surface area contributed by atoms with Gasteiger partial charge in [0.25, 0.3) is 0 Å². The number of rotatable bonds is 8. The van der Waals surface area contributed by atoms with Crippen LogP contribution in [0.1, 0.15) is 52.4 Å². The van der Waals surface area contributed by atoms with Crippen LogP contribution in [-0.2, 0) is 19.0 Å². The molecule has 0 spiro atoms. The Morgan fingerprint density at radius 2 is 2.14 bits per heavy atom. The topological polar surface area (TPSA) is 56.8 Å². The first-order chi connectivity index (χ1) is 10.1. The number of hydrogen-bond acceptors (Lipinski definition) is 5. The van der Waals surface area contributed by atoms with Gasteiger partial charge in [0.15, 0.2) is 0 Å². The molecular formula is C16H29NO4. The van der Waals surface area contributed by atoms with Gasteiger partial charge in [0, 0.05) is 19.1 Å². The van der Waals surface area contributed by atoms with Crippen LogP contribution in [0, 0.1) is 0 Å². The fourth-order valence-electron chi connectivity index (χ4n) is 3.18. The summed E-state index contributed by atoms with van der Waals surface area (Å²) in [6.45, 7) is 5.32. The summed E-state index contributed by atoms with van der Waals surface area (Å²) in [4.78, 5) is 12.3. The van der Waals surface area contributed by atoms with E-state index in [1.165, 1.54) is 7.11 Å². The van der Waals surface area contributed by atoms with E-state index in [0.29, 0.717) is 25.7 Å². The highest BCUT2D eigenvalue weighted by Gasteiger charge is 2.47. The van der Waals surface area contributed by atoms with Crippen molar-refractivity contribution in [3.05, 3.63) is 0 Å². The van der Waals surface area contributed by atoms with Crippen LogP contribution >= 0.6 is 0 Å². The van der Waals surface area contributed by atoms with Crippen LogP contribution in [0.4, 0.5) is 0 Å². The summed E-state index contributed by atoms with van der Waals surface area (Å²) >= 11 is 0. The second-order valence-electron chi connectivity index (χ2n) is 6.32. The Labute approximate surface area is 127 Å². The van der Waals surface area contributed by atoms with Crippen molar-refractivity contribution in [2.45, 2.75) is 76.2 Å². The molecule has 0 amide bonds. The zero-order valence-corrected chi connectivity index (χ0v) is 13.5. The highest BCUT2D eigenvalue weighted by Crippen LogP contribution is 2.35. The maximum Gasteiger partial charge on any atom is 0.326 e. The fraction of sp³-hybridized carbons (Fsp3) is 0.938. The molecule has 2 saturated carbocycles. The zero-order valence-electron chi connectivity index (χ0n) is 13.5. The number of hydrogen-bond donors (Lipinski definition) is 1. The second kappa shape index (κ2) is 7.56. The van der Waals surface area contributed by atoms with Crippen molar-refractivity contribution in [2.24, 2.45) is 0 Å². The standard InChI is InChI=1S/C16H29NO4/c1-4-20-11-12(2)21-14-6-5-9-16(10-14,15(18)19-3)17-13-7-8-13/h12-14,17H,4-11H2,1-3H3. The molecule has 0 aromatic rings. The molecule has 0 radical (unpaired) electrons. The minimum Gasteiger partial charge on any atom is -0.468 e. The van der Waals surface area contributed by atoms with Gasteiger partial charge in [0.05, 0.1) is 25.9 Å². The molecule has 2 fully saturated rings. The van der Waals surface area contributed by atoms with Crippen molar-refractivity contribution in [3.8, 4) is 0 Å². The monoisotopic (exact) mass is 299 g/mol. The second-order valence-corrected chi connectivity index (χ2v) is 6.32. The maximum absolute atomic E-state index is 12.3. The van der Waals surface area contributed by atoms with E-state index < -0.39 is 5.54 Å². The van der Waals surface area contributed by atoms with Gasteiger partial charge in [-0.2, -0.15) is 0 Å². The molecule has 5 nitrogen and oxygen atoms in total. The van der Waals surface area contributed by atoms with E-state index in [4.69, 9.17) is 14.2 Å². The third-order valence-electron chi connectivity index (χ3n) is 4.32. The lowest BCUT2D eigenvalue weighted by Crippen LogP contribution is -2.57. The molecule has 0 heterocycles. The smallest absolute Gasteiger partial charge is 0.326 e. The maximum atomic E-state index is 12.3. The number of carbonyl (C=O) groups excluding carboxylic acids is 1. The minimum atomic E-state index is -0.551. The quantitative estimate of drug-likeness (QED) is 0.695. The van der Waals surface area contributed by atoms with Crippen molar-refractivity contribution >= 4 is 5.97 Å². The number of carbonyl (C=O) groups is 1. The largest absolute Gasteiger partial charge is 0.468 e. The highest BCUT2D eigenvalue weighted by molar-refractivity contribution is 5.81. The zero-order chi connectivity index (χ0) is 15.3. The highest BCUT2D eigenvalue weighted by atomic mass is 16.5. The van der Waals surface area contributed by atoms with E-state index in [1.807, 2.05) is 13.8 Å². The molecule has 0 aromatic heterocycles. The molecule has 3 unspecified atom stereocenters. The van der Waals surface area contributed by atoms with Crippen LogP contribution in [0.2, 0.25) is 0 Å². The number of esters is 1. The summed E-state index contributed by atoms with van der Waals surface area (Å²) in [5.74, 6) is -0.139. The van der Waals surface area contributed by atoms with Crippen LogP contribution in [0.15, 0.2) is 0 Å². The Kier molecular flexibility index (Phi) is 6.02.